The van der Waals surface area contributed by atoms with Crippen LogP contribution in [0.3, 0.4) is 0 Å². The van der Waals surface area contributed by atoms with Crippen LogP contribution in [0.25, 0.3) is 17.1 Å². The van der Waals surface area contributed by atoms with Crippen LogP contribution >= 0.6 is 11.6 Å². The molecule has 0 atom stereocenters. The van der Waals surface area contributed by atoms with Gasteiger partial charge in [0.1, 0.15) is 11.5 Å². The molecule has 0 bridgehead atoms. The second-order valence-corrected chi connectivity index (χ2v) is 6.35. The molecule has 0 amide bonds. The Morgan fingerprint density at radius 1 is 0.897 bits per heavy atom. The molecule has 0 aliphatic carbocycles. The van der Waals surface area contributed by atoms with Crippen molar-refractivity contribution >= 4 is 17.5 Å². The number of phenols is 2. The Morgan fingerprint density at radius 2 is 1.52 bits per heavy atom. The zero-order chi connectivity index (χ0) is 19.7. The van der Waals surface area contributed by atoms with Crippen LogP contribution < -0.4 is 28.8 Å². The van der Waals surface area contributed by atoms with Crippen LogP contribution in [-0.4, -0.2) is 31.1 Å². The second kappa shape index (κ2) is 8.58. The maximum absolute atomic E-state index is 13.0. The lowest BCUT2D eigenvalue weighted by atomic mass is 10.2. The molecule has 0 aliphatic heterocycles. The minimum atomic E-state index is -0.581. The predicted molar refractivity (Wildman–Crippen MR) is 102 cm³/mol. The van der Waals surface area contributed by atoms with Gasteiger partial charge in [0.25, 0.3) is 0 Å². The number of aromatic nitrogens is 4. The summed E-state index contributed by atoms with van der Waals surface area (Å²) in [4.78, 5) is 15.4. The molecule has 2 N–H and O–H groups in total. The highest BCUT2D eigenvalue weighted by Gasteiger charge is 2.30. The number of phenolic OH excluding ortho intramolecular Hbond substituents is 2. The zero-order valence-electron chi connectivity index (χ0n) is 14.8. The van der Waals surface area contributed by atoms with Crippen LogP contribution in [0.4, 0.5) is 0 Å². The molecule has 7 nitrogen and oxygen atoms in total. The molecule has 4 aromatic rings. The Balaban J connectivity index is 0.00000240. The molecule has 0 unspecified atom stereocenters. The van der Waals surface area contributed by atoms with Gasteiger partial charge in [-0.1, -0.05) is 35.9 Å². The first kappa shape index (κ1) is 20.7. The number of benzene rings is 3. The quantitative estimate of drug-likeness (QED) is 0.293. The standard InChI is InChI=1S/C20H13ClN4O3.HI/c21-13-9-11-14(12-10-13)24-22-19(15-5-1-3-7-17(15)26)23-25(24)20(28)16-6-2-4-8-18(16)27;/h1-12H,(H-,22,23,26,27,28);1H. The highest BCUT2D eigenvalue weighted by molar-refractivity contribution is 6.30. The van der Waals surface area contributed by atoms with E-state index in [1.54, 1.807) is 54.6 Å². The van der Waals surface area contributed by atoms with Crippen LogP contribution in [0.5, 0.6) is 11.5 Å². The first-order valence-corrected chi connectivity index (χ1v) is 8.69. The maximum atomic E-state index is 13.0. The topological polar surface area (TPSA) is 92.1 Å². The van der Waals surface area contributed by atoms with E-state index in [2.05, 4.69) is 10.2 Å². The molecule has 1 heterocycles. The van der Waals surface area contributed by atoms with Crippen molar-refractivity contribution in [1.29, 1.82) is 0 Å². The molecule has 4 rings (SSSR count). The number of hydrogen-bond acceptors (Lipinski definition) is 5. The molecule has 1 aromatic heterocycles. The molecule has 0 spiro atoms. The fourth-order valence-electron chi connectivity index (χ4n) is 2.69. The second-order valence-electron chi connectivity index (χ2n) is 5.92. The Kier molecular flexibility index (Phi) is 6.14. The Bertz CT molecular complexity index is 1180. The SMILES string of the molecule is O=C(c1ccccc1O)n1nc(-c2ccccc2O)n[n+]1-c1ccc(Cl)cc1.[I-]. The summed E-state index contributed by atoms with van der Waals surface area (Å²) < 4.78 is 0. The third-order valence-electron chi connectivity index (χ3n) is 4.08. The Morgan fingerprint density at radius 3 is 2.17 bits per heavy atom. The molecular formula is C20H14ClIN4O3. The largest absolute Gasteiger partial charge is 1.00 e. The number of halogens is 2. The van der Waals surface area contributed by atoms with Gasteiger partial charge in [0.05, 0.1) is 21.0 Å². The van der Waals surface area contributed by atoms with Crippen molar-refractivity contribution in [3.63, 3.8) is 0 Å². The van der Waals surface area contributed by atoms with Crippen molar-refractivity contribution in [2.45, 2.75) is 0 Å². The van der Waals surface area contributed by atoms with Gasteiger partial charge < -0.3 is 34.2 Å². The fourth-order valence-corrected chi connectivity index (χ4v) is 2.82. The van der Waals surface area contributed by atoms with Gasteiger partial charge in [-0.15, -0.1) is 0 Å². The average Bonchev–Trinajstić information content (AvgIpc) is 3.14. The summed E-state index contributed by atoms with van der Waals surface area (Å²) in [5, 5.41) is 29.4. The number of aromatic hydroxyl groups is 2. The summed E-state index contributed by atoms with van der Waals surface area (Å²) in [7, 11) is 0. The minimum absolute atomic E-state index is 0. The normalized spacial score (nSPS) is 10.4. The van der Waals surface area contributed by atoms with Crippen LogP contribution in [0, 0.1) is 0 Å². The van der Waals surface area contributed by atoms with E-state index in [1.807, 2.05) is 0 Å². The van der Waals surface area contributed by atoms with E-state index in [0.29, 0.717) is 16.3 Å². The van der Waals surface area contributed by atoms with Gasteiger partial charge in [0.15, 0.2) is 5.69 Å². The summed E-state index contributed by atoms with van der Waals surface area (Å²) in [5.41, 5.74) is 0.968. The van der Waals surface area contributed by atoms with E-state index in [4.69, 9.17) is 11.6 Å². The summed E-state index contributed by atoms with van der Waals surface area (Å²) in [6.45, 7) is 0. The number of hydrogen-bond donors (Lipinski definition) is 2. The molecule has 0 radical (unpaired) electrons. The lowest BCUT2D eigenvalue weighted by Crippen LogP contribution is -3.00. The predicted octanol–water partition coefficient (Wildman–Crippen LogP) is -0.0211. The number of rotatable bonds is 3. The number of tetrazole rings is 1. The third-order valence-corrected chi connectivity index (χ3v) is 4.33. The lowest BCUT2D eigenvalue weighted by molar-refractivity contribution is -0.732. The molecule has 0 saturated heterocycles. The molecule has 0 aliphatic rings. The van der Waals surface area contributed by atoms with Gasteiger partial charge in [0, 0.05) is 5.02 Å². The monoisotopic (exact) mass is 520 g/mol. The van der Waals surface area contributed by atoms with E-state index in [1.165, 1.54) is 23.0 Å². The van der Waals surface area contributed by atoms with Gasteiger partial charge in [-0.25, -0.2) is 0 Å². The van der Waals surface area contributed by atoms with Crippen molar-refractivity contribution in [1.82, 2.24) is 15.0 Å². The van der Waals surface area contributed by atoms with Gasteiger partial charge in [-0.3, -0.25) is 4.79 Å². The van der Waals surface area contributed by atoms with E-state index in [-0.39, 0.29) is 46.9 Å². The van der Waals surface area contributed by atoms with E-state index < -0.39 is 5.91 Å². The van der Waals surface area contributed by atoms with Gasteiger partial charge >= 0.3 is 11.7 Å². The van der Waals surface area contributed by atoms with E-state index in [0.717, 1.165) is 4.80 Å². The van der Waals surface area contributed by atoms with Crippen LogP contribution in [0.1, 0.15) is 10.4 Å². The number of para-hydroxylation sites is 2. The summed E-state index contributed by atoms with van der Waals surface area (Å²) in [6, 6.07) is 19.4. The van der Waals surface area contributed by atoms with E-state index >= 15 is 0 Å². The van der Waals surface area contributed by atoms with Gasteiger partial charge in [0.2, 0.25) is 0 Å². The Labute approximate surface area is 187 Å². The molecule has 0 fully saturated rings. The number of nitrogens with zero attached hydrogens (tertiary/aromatic N) is 4. The zero-order valence-corrected chi connectivity index (χ0v) is 17.7. The van der Waals surface area contributed by atoms with Crippen molar-refractivity contribution < 1.29 is 43.8 Å². The molecule has 0 saturated carbocycles. The van der Waals surface area contributed by atoms with E-state index in [9.17, 15) is 15.0 Å². The maximum Gasteiger partial charge on any atom is 0.343 e. The first-order chi connectivity index (χ1) is 13.5. The molecule has 9 heteroatoms. The van der Waals surface area contributed by atoms with Gasteiger partial charge in [-0.05, 0) is 58.4 Å². The molecule has 146 valence electrons. The summed E-state index contributed by atoms with van der Waals surface area (Å²) in [5.74, 6) is -0.619. The molecule has 3 aromatic carbocycles. The van der Waals surface area contributed by atoms with Crippen molar-refractivity contribution in [3.05, 3.63) is 83.4 Å². The third kappa shape index (κ3) is 4.08. The smallest absolute Gasteiger partial charge is 0.343 e. The highest BCUT2D eigenvalue weighted by Crippen LogP contribution is 2.25. The number of carbonyl (C=O) groups excluding carboxylic acids is 1. The van der Waals surface area contributed by atoms with Crippen LogP contribution in [0.15, 0.2) is 72.8 Å². The average molecular weight is 521 g/mol. The highest BCUT2D eigenvalue weighted by atomic mass is 127. The van der Waals surface area contributed by atoms with Crippen molar-refractivity contribution in [3.8, 4) is 28.6 Å². The fraction of sp³-hybridized carbons (Fsp3) is 0. The Hall–Kier alpha value is -2.98. The molecule has 29 heavy (non-hydrogen) atoms. The summed E-state index contributed by atoms with van der Waals surface area (Å²) >= 11 is 5.95. The molecular weight excluding hydrogens is 507 g/mol. The van der Waals surface area contributed by atoms with Crippen molar-refractivity contribution in [2.75, 3.05) is 0 Å². The first-order valence-electron chi connectivity index (χ1n) is 8.31. The van der Waals surface area contributed by atoms with Crippen LogP contribution in [-0.2, 0) is 0 Å². The van der Waals surface area contributed by atoms with Crippen LogP contribution in [0.2, 0.25) is 5.02 Å². The number of carbonyl (C=O) groups is 1. The minimum Gasteiger partial charge on any atom is -1.00 e. The summed E-state index contributed by atoms with van der Waals surface area (Å²) in [6.07, 6.45) is 0. The lowest BCUT2D eigenvalue weighted by Gasteiger charge is -2.01. The van der Waals surface area contributed by atoms with Crippen molar-refractivity contribution in [2.24, 2.45) is 0 Å². The van der Waals surface area contributed by atoms with Gasteiger partial charge in [-0.2, -0.15) is 0 Å².